The largest absolute Gasteiger partial charge is 0.328 e. The molecule has 0 aliphatic carbocycles. The molecule has 0 saturated heterocycles. The number of pyridine rings is 1. The van der Waals surface area contributed by atoms with Gasteiger partial charge < -0.3 is 4.90 Å². The van der Waals surface area contributed by atoms with Crippen LogP contribution in [0.25, 0.3) is 6.08 Å². The van der Waals surface area contributed by atoms with Crippen molar-refractivity contribution in [1.29, 1.82) is 0 Å². The van der Waals surface area contributed by atoms with Crippen molar-refractivity contribution in [2.75, 3.05) is 6.54 Å². The van der Waals surface area contributed by atoms with Crippen LogP contribution in [0, 0.1) is 0 Å². The second-order valence-electron chi connectivity index (χ2n) is 6.01. The first-order valence-electron chi connectivity index (χ1n) is 8.33. The first-order chi connectivity index (χ1) is 12.3. The predicted molar refractivity (Wildman–Crippen MR) is 101 cm³/mol. The summed E-state index contributed by atoms with van der Waals surface area (Å²) in [7, 11) is 0. The van der Waals surface area contributed by atoms with Crippen LogP contribution in [0.5, 0.6) is 0 Å². The quantitative estimate of drug-likeness (QED) is 0.661. The van der Waals surface area contributed by atoms with Crippen molar-refractivity contribution in [3.05, 3.63) is 93.9 Å². The smallest absolute Gasteiger partial charge is 0.247 e. The van der Waals surface area contributed by atoms with E-state index in [9.17, 15) is 4.79 Å². The highest BCUT2D eigenvalue weighted by Gasteiger charge is 2.31. The normalized spacial score (nSPS) is 16.8. The number of rotatable bonds is 3. The Kier molecular flexibility index (Phi) is 4.44. The van der Waals surface area contributed by atoms with E-state index in [0.717, 1.165) is 24.1 Å². The van der Waals surface area contributed by atoms with Crippen molar-refractivity contribution < 1.29 is 4.79 Å². The van der Waals surface area contributed by atoms with Gasteiger partial charge in [0.15, 0.2) is 0 Å². The van der Waals surface area contributed by atoms with E-state index in [4.69, 9.17) is 0 Å². The zero-order chi connectivity index (χ0) is 17.1. The molecule has 3 nitrogen and oxygen atoms in total. The maximum absolute atomic E-state index is 12.9. The van der Waals surface area contributed by atoms with Crippen LogP contribution in [-0.4, -0.2) is 22.3 Å². The summed E-state index contributed by atoms with van der Waals surface area (Å²) < 4.78 is 0. The van der Waals surface area contributed by atoms with Crippen molar-refractivity contribution >= 4 is 23.3 Å². The van der Waals surface area contributed by atoms with E-state index in [1.807, 2.05) is 41.3 Å². The van der Waals surface area contributed by atoms with Crippen LogP contribution in [0.2, 0.25) is 0 Å². The molecule has 2 aromatic heterocycles. The lowest BCUT2D eigenvalue weighted by Crippen LogP contribution is -2.39. The van der Waals surface area contributed by atoms with Gasteiger partial charge in [0, 0.05) is 29.9 Å². The van der Waals surface area contributed by atoms with E-state index in [1.165, 1.54) is 10.4 Å². The molecule has 1 unspecified atom stereocenters. The first-order valence-corrected chi connectivity index (χ1v) is 9.21. The fourth-order valence-corrected chi connectivity index (χ4v) is 4.19. The molecule has 1 atom stereocenters. The van der Waals surface area contributed by atoms with Gasteiger partial charge in [0.1, 0.15) is 0 Å². The fraction of sp³-hybridized carbons (Fsp3) is 0.143. The van der Waals surface area contributed by atoms with Gasteiger partial charge in [-0.25, -0.2) is 0 Å². The van der Waals surface area contributed by atoms with E-state index in [2.05, 4.69) is 28.6 Å². The Bertz CT molecular complexity index is 887. The Morgan fingerprint density at radius 2 is 1.92 bits per heavy atom. The van der Waals surface area contributed by atoms with Crippen molar-refractivity contribution in [3.63, 3.8) is 0 Å². The Balaban J connectivity index is 1.66. The van der Waals surface area contributed by atoms with E-state index in [-0.39, 0.29) is 11.9 Å². The first kappa shape index (κ1) is 15.8. The van der Waals surface area contributed by atoms with Crippen molar-refractivity contribution in [2.24, 2.45) is 0 Å². The minimum absolute atomic E-state index is 0.00853. The number of thiophene rings is 1. The molecule has 0 fully saturated rings. The lowest BCUT2D eigenvalue weighted by Gasteiger charge is -2.35. The number of amides is 1. The maximum atomic E-state index is 12.9. The standard InChI is InChI=1S/C21H18N2OS/c24-20(7-6-16-8-12-22-13-9-16)23-14-10-19-18(11-15-25-19)21(23)17-4-2-1-3-5-17/h1-9,11-13,15,21H,10,14H2/b7-6+. The summed E-state index contributed by atoms with van der Waals surface area (Å²) in [5.74, 6) is 0.0440. The van der Waals surface area contributed by atoms with Gasteiger partial charge in [0.05, 0.1) is 6.04 Å². The monoisotopic (exact) mass is 346 g/mol. The number of fused-ring (bicyclic) bond motifs is 1. The zero-order valence-electron chi connectivity index (χ0n) is 13.7. The Hall–Kier alpha value is -2.72. The number of nitrogens with zero attached hydrogens (tertiary/aromatic N) is 2. The van der Waals surface area contributed by atoms with Crippen LogP contribution in [0.3, 0.4) is 0 Å². The van der Waals surface area contributed by atoms with Gasteiger partial charge in [-0.3, -0.25) is 9.78 Å². The van der Waals surface area contributed by atoms with Gasteiger partial charge in [0.25, 0.3) is 0 Å². The molecule has 0 N–H and O–H groups in total. The number of benzene rings is 1. The van der Waals surface area contributed by atoms with E-state index >= 15 is 0 Å². The molecule has 3 heterocycles. The minimum atomic E-state index is -0.00853. The molecule has 1 aliphatic heterocycles. The molecule has 4 rings (SSSR count). The van der Waals surface area contributed by atoms with Crippen molar-refractivity contribution in [1.82, 2.24) is 9.88 Å². The van der Waals surface area contributed by atoms with Gasteiger partial charge in [-0.1, -0.05) is 30.3 Å². The molecule has 0 saturated carbocycles. The average Bonchev–Trinajstić information content (AvgIpc) is 3.15. The molecule has 3 aromatic rings. The van der Waals surface area contributed by atoms with E-state index < -0.39 is 0 Å². The zero-order valence-corrected chi connectivity index (χ0v) is 14.5. The highest BCUT2D eigenvalue weighted by molar-refractivity contribution is 7.10. The molecule has 1 aliphatic rings. The summed E-state index contributed by atoms with van der Waals surface area (Å²) >= 11 is 1.78. The summed E-state index contributed by atoms with van der Waals surface area (Å²) in [5, 5.41) is 2.13. The molecule has 1 aromatic carbocycles. The number of aromatic nitrogens is 1. The van der Waals surface area contributed by atoms with Crippen LogP contribution in [-0.2, 0) is 11.2 Å². The molecule has 1 amide bonds. The van der Waals surface area contributed by atoms with Crippen molar-refractivity contribution in [2.45, 2.75) is 12.5 Å². The highest BCUT2D eigenvalue weighted by atomic mass is 32.1. The van der Waals surface area contributed by atoms with Crippen LogP contribution < -0.4 is 0 Å². The van der Waals surface area contributed by atoms with Gasteiger partial charge in [0.2, 0.25) is 5.91 Å². The number of carbonyl (C=O) groups is 1. The molecular formula is C21H18N2OS. The lowest BCUT2D eigenvalue weighted by atomic mass is 9.93. The Morgan fingerprint density at radius 1 is 1.12 bits per heavy atom. The summed E-state index contributed by atoms with van der Waals surface area (Å²) in [5.41, 5.74) is 3.40. The molecule has 0 radical (unpaired) electrons. The summed E-state index contributed by atoms with van der Waals surface area (Å²) in [4.78, 5) is 20.3. The van der Waals surface area contributed by atoms with Gasteiger partial charge >= 0.3 is 0 Å². The van der Waals surface area contributed by atoms with Crippen LogP contribution in [0.4, 0.5) is 0 Å². The SMILES string of the molecule is O=C(/C=C/c1ccncc1)N1CCc2sccc2C1c1ccccc1. The van der Waals surface area contributed by atoms with E-state index in [1.54, 1.807) is 29.8 Å². The maximum Gasteiger partial charge on any atom is 0.247 e. The molecule has 0 spiro atoms. The molecule has 4 heteroatoms. The Morgan fingerprint density at radius 3 is 2.72 bits per heavy atom. The van der Waals surface area contributed by atoms with Gasteiger partial charge in [-0.2, -0.15) is 0 Å². The minimum Gasteiger partial charge on any atom is -0.328 e. The summed E-state index contributed by atoms with van der Waals surface area (Å²) in [6.07, 6.45) is 7.91. The average molecular weight is 346 g/mol. The molecule has 0 bridgehead atoms. The van der Waals surface area contributed by atoms with Crippen LogP contribution in [0.1, 0.15) is 27.6 Å². The van der Waals surface area contributed by atoms with Crippen LogP contribution in [0.15, 0.2) is 72.4 Å². The number of hydrogen-bond donors (Lipinski definition) is 0. The lowest BCUT2D eigenvalue weighted by molar-refractivity contribution is -0.127. The van der Waals surface area contributed by atoms with E-state index in [0.29, 0.717) is 0 Å². The second-order valence-corrected chi connectivity index (χ2v) is 7.01. The number of carbonyl (C=O) groups excluding carboxylic acids is 1. The fourth-order valence-electron chi connectivity index (χ4n) is 3.29. The topological polar surface area (TPSA) is 33.2 Å². The molecule has 25 heavy (non-hydrogen) atoms. The third kappa shape index (κ3) is 3.26. The molecular weight excluding hydrogens is 328 g/mol. The molecule has 124 valence electrons. The summed E-state index contributed by atoms with van der Waals surface area (Å²) in [6, 6.07) is 16.2. The second kappa shape index (κ2) is 7.03. The number of hydrogen-bond acceptors (Lipinski definition) is 3. The Labute approximate surface area is 151 Å². The predicted octanol–water partition coefficient (Wildman–Crippen LogP) is 4.33. The third-order valence-electron chi connectivity index (χ3n) is 4.49. The summed E-state index contributed by atoms with van der Waals surface area (Å²) in [6.45, 7) is 0.743. The third-order valence-corrected chi connectivity index (χ3v) is 5.49. The van der Waals surface area contributed by atoms with Gasteiger partial charge in [-0.05, 0) is 52.8 Å². The van der Waals surface area contributed by atoms with Gasteiger partial charge in [-0.15, -0.1) is 11.3 Å². The van der Waals surface area contributed by atoms with Crippen LogP contribution >= 0.6 is 11.3 Å². The van der Waals surface area contributed by atoms with Crippen molar-refractivity contribution in [3.8, 4) is 0 Å². The highest BCUT2D eigenvalue weighted by Crippen LogP contribution is 2.37.